The minimum Gasteiger partial charge on any atom is -0.493 e. The number of benzene rings is 1. The van der Waals surface area contributed by atoms with Crippen LogP contribution in [-0.4, -0.2) is 12.9 Å². The highest BCUT2D eigenvalue weighted by Gasteiger charge is 2.36. The van der Waals surface area contributed by atoms with E-state index in [1.807, 2.05) is 18.2 Å². The number of rotatable bonds is 4. The Bertz CT molecular complexity index is 373. The van der Waals surface area contributed by atoms with Crippen LogP contribution >= 0.6 is 0 Å². The number of hydrogen-bond acceptors (Lipinski definition) is 2. The zero-order valence-corrected chi connectivity index (χ0v) is 9.74. The van der Waals surface area contributed by atoms with E-state index in [1.165, 1.54) is 5.56 Å². The second-order valence-corrected chi connectivity index (χ2v) is 4.50. The van der Waals surface area contributed by atoms with Crippen LogP contribution in [0.3, 0.4) is 0 Å². The van der Waals surface area contributed by atoms with Crippen molar-refractivity contribution in [3.63, 3.8) is 0 Å². The molecule has 86 valence electrons. The van der Waals surface area contributed by atoms with Gasteiger partial charge in [0.15, 0.2) is 0 Å². The first-order valence-corrected chi connectivity index (χ1v) is 5.98. The molecule has 0 spiro atoms. The second kappa shape index (κ2) is 4.69. The molecule has 1 aliphatic rings. The standard InChI is InChI=1S/C14H18O2/c1-2-7-14(8-10-15)9-11-16-13-6-4-3-5-12(13)14/h3-6,10H,2,7-9,11H2,1H3. The molecule has 0 amide bonds. The number of hydrogen-bond donors (Lipinski definition) is 0. The van der Waals surface area contributed by atoms with Gasteiger partial charge in [0, 0.05) is 17.4 Å². The van der Waals surface area contributed by atoms with Crippen LogP contribution in [0, 0.1) is 0 Å². The Hall–Kier alpha value is -1.31. The van der Waals surface area contributed by atoms with Crippen LogP contribution < -0.4 is 4.74 Å². The molecule has 1 heterocycles. The van der Waals surface area contributed by atoms with Crippen molar-refractivity contribution >= 4 is 6.29 Å². The smallest absolute Gasteiger partial charge is 0.123 e. The fourth-order valence-corrected chi connectivity index (χ4v) is 2.73. The molecule has 0 radical (unpaired) electrons. The highest BCUT2D eigenvalue weighted by atomic mass is 16.5. The molecular weight excluding hydrogens is 200 g/mol. The van der Waals surface area contributed by atoms with E-state index in [0.29, 0.717) is 6.42 Å². The van der Waals surface area contributed by atoms with E-state index >= 15 is 0 Å². The van der Waals surface area contributed by atoms with Crippen LogP contribution in [0.5, 0.6) is 5.75 Å². The van der Waals surface area contributed by atoms with Gasteiger partial charge in [0.2, 0.25) is 0 Å². The Labute approximate surface area is 96.6 Å². The van der Waals surface area contributed by atoms with E-state index in [9.17, 15) is 4.79 Å². The molecule has 2 rings (SSSR count). The van der Waals surface area contributed by atoms with Crippen molar-refractivity contribution in [1.29, 1.82) is 0 Å². The van der Waals surface area contributed by atoms with Gasteiger partial charge in [0.05, 0.1) is 6.61 Å². The van der Waals surface area contributed by atoms with Gasteiger partial charge in [-0.05, 0) is 18.9 Å². The molecule has 0 saturated heterocycles. The molecule has 2 heteroatoms. The average Bonchev–Trinajstić information content (AvgIpc) is 2.30. The Morgan fingerprint density at radius 2 is 2.25 bits per heavy atom. The van der Waals surface area contributed by atoms with Gasteiger partial charge in [-0.15, -0.1) is 0 Å². The summed E-state index contributed by atoms with van der Waals surface area (Å²) in [7, 11) is 0. The Kier molecular flexibility index (Phi) is 3.28. The average molecular weight is 218 g/mol. The minimum absolute atomic E-state index is 0.0192. The molecule has 16 heavy (non-hydrogen) atoms. The van der Waals surface area contributed by atoms with E-state index in [0.717, 1.165) is 37.9 Å². The predicted octanol–water partition coefficient (Wildman–Crippen LogP) is 3.10. The van der Waals surface area contributed by atoms with Crippen molar-refractivity contribution < 1.29 is 9.53 Å². The quantitative estimate of drug-likeness (QED) is 0.726. The molecule has 0 N–H and O–H groups in total. The summed E-state index contributed by atoms with van der Waals surface area (Å²) in [6.07, 6.45) is 4.78. The molecule has 0 bridgehead atoms. The summed E-state index contributed by atoms with van der Waals surface area (Å²) in [6, 6.07) is 8.13. The summed E-state index contributed by atoms with van der Waals surface area (Å²) in [5.41, 5.74) is 1.24. The van der Waals surface area contributed by atoms with Crippen LogP contribution in [0.15, 0.2) is 24.3 Å². The second-order valence-electron chi connectivity index (χ2n) is 4.50. The molecule has 0 saturated carbocycles. The molecule has 0 aliphatic carbocycles. The third-order valence-electron chi connectivity index (χ3n) is 3.50. The van der Waals surface area contributed by atoms with E-state index < -0.39 is 0 Å². The maximum atomic E-state index is 10.9. The number of para-hydroxylation sites is 1. The fraction of sp³-hybridized carbons (Fsp3) is 0.500. The van der Waals surface area contributed by atoms with Crippen molar-refractivity contribution in [1.82, 2.24) is 0 Å². The topological polar surface area (TPSA) is 26.3 Å². The lowest BCUT2D eigenvalue weighted by molar-refractivity contribution is -0.109. The highest BCUT2D eigenvalue weighted by Crippen LogP contribution is 2.43. The summed E-state index contributed by atoms with van der Waals surface area (Å²) in [5.74, 6) is 0.962. The Balaban J connectivity index is 2.43. The van der Waals surface area contributed by atoms with Crippen LogP contribution in [0.1, 0.15) is 38.2 Å². The first-order chi connectivity index (χ1) is 7.82. The van der Waals surface area contributed by atoms with Gasteiger partial charge in [-0.25, -0.2) is 0 Å². The SMILES string of the molecule is CCCC1(CC=O)CCOc2ccccc21. The predicted molar refractivity (Wildman–Crippen MR) is 63.8 cm³/mol. The van der Waals surface area contributed by atoms with E-state index in [2.05, 4.69) is 13.0 Å². The molecule has 1 atom stereocenters. The highest BCUT2D eigenvalue weighted by molar-refractivity contribution is 5.56. The first kappa shape index (κ1) is 11.2. The minimum atomic E-state index is 0.0192. The number of fused-ring (bicyclic) bond motifs is 1. The summed E-state index contributed by atoms with van der Waals surface area (Å²) < 4.78 is 5.66. The summed E-state index contributed by atoms with van der Waals surface area (Å²) >= 11 is 0. The molecule has 1 aromatic carbocycles. The monoisotopic (exact) mass is 218 g/mol. The largest absolute Gasteiger partial charge is 0.493 e. The van der Waals surface area contributed by atoms with Crippen LogP contribution in [0.4, 0.5) is 0 Å². The van der Waals surface area contributed by atoms with Crippen molar-refractivity contribution in [2.24, 2.45) is 0 Å². The van der Waals surface area contributed by atoms with Gasteiger partial charge in [-0.1, -0.05) is 31.5 Å². The molecule has 1 aliphatic heterocycles. The molecule has 0 aromatic heterocycles. The van der Waals surface area contributed by atoms with Crippen molar-refractivity contribution in [3.8, 4) is 5.75 Å². The first-order valence-electron chi connectivity index (χ1n) is 5.98. The lowest BCUT2D eigenvalue weighted by Crippen LogP contribution is -2.33. The van der Waals surface area contributed by atoms with E-state index in [1.54, 1.807) is 0 Å². The molecular formula is C14H18O2. The lowest BCUT2D eigenvalue weighted by Gasteiger charge is -2.37. The van der Waals surface area contributed by atoms with Crippen LogP contribution in [0.25, 0.3) is 0 Å². The molecule has 1 unspecified atom stereocenters. The lowest BCUT2D eigenvalue weighted by atomic mass is 9.71. The van der Waals surface area contributed by atoms with Crippen molar-refractivity contribution in [2.45, 2.75) is 38.0 Å². The number of carbonyl (C=O) groups is 1. The number of carbonyl (C=O) groups excluding carboxylic acids is 1. The Morgan fingerprint density at radius 3 is 3.00 bits per heavy atom. The van der Waals surface area contributed by atoms with Gasteiger partial charge >= 0.3 is 0 Å². The number of aldehydes is 1. The summed E-state index contributed by atoms with van der Waals surface area (Å²) in [5, 5.41) is 0. The zero-order chi connectivity index (χ0) is 11.4. The third-order valence-corrected chi connectivity index (χ3v) is 3.50. The van der Waals surface area contributed by atoms with Crippen molar-refractivity contribution in [2.75, 3.05) is 6.61 Å². The molecule has 0 fully saturated rings. The third kappa shape index (κ3) is 1.84. The van der Waals surface area contributed by atoms with Crippen LogP contribution in [-0.2, 0) is 10.2 Å². The number of ether oxygens (including phenoxy) is 1. The van der Waals surface area contributed by atoms with E-state index in [4.69, 9.17) is 4.74 Å². The van der Waals surface area contributed by atoms with Gasteiger partial charge in [0.1, 0.15) is 12.0 Å². The van der Waals surface area contributed by atoms with Gasteiger partial charge in [-0.2, -0.15) is 0 Å². The normalized spacial score (nSPS) is 23.3. The zero-order valence-electron chi connectivity index (χ0n) is 9.74. The Morgan fingerprint density at radius 1 is 1.44 bits per heavy atom. The summed E-state index contributed by atoms with van der Waals surface area (Å²) in [4.78, 5) is 10.9. The van der Waals surface area contributed by atoms with E-state index in [-0.39, 0.29) is 5.41 Å². The van der Waals surface area contributed by atoms with Gasteiger partial charge in [0.25, 0.3) is 0 Å². The summed E-state index contributed by atoms with van der Waals surface area (Å²) in [6.45, 7) is 2.90. The van der Waals surface area contributed by atoms with Crippen molar-refractivity contribution in [3.05, 3.63) is 29.8 Å². The fourth-order valence-electron chi connectivity index (χ4n) is 2.73. The molecule has 1 aromatic rings. The maximum Gasteiger partial charge on any atom is 0.123 e. The maximum absolute atomic E-state index is 10.9. The van der Waals surface area contributed by atoms with Crippen LogP contribution in [0.2, 0.25) is 0 Å². The van der Waals surface area contributed by atoms with Gasteiger partial charge < -0.3 is 9.53 Å². The molecule has 2 nitrogen and oxygen atoms in total. The van der Waals surface area contributed by atoms with Gasteiger partial charge in [-0.3, -0.25) is 0 Å².